The zero-order chi connectivity index (χ0) is 17.5. The largest absolute Gasteiger partial charge is 0.517 e. The molecule has 0 fully saturated rings. The van der Waals surface area contributed by atoms with Crippen LogP contribution in [0.15, 0.2) is 64.1 Å². The lowest BCUT2D eigenvalue weighted by atomic mass is 9.95. The number of halogens is 3. The van der Waals surface area contributed by atoms with E-state index in [1.54, 1.807) is 30.3 Å². The van der Waals surface area contributed by atoms with Crippen molar-refractivity contribution >= 4 is 10.0 Å². The molecule has 3 aliphatic rings. The summed E-state index contributed by atoms with van der Waals surface area (Å²) in [5.74, 6) is -0.354. The predicted molar refractivity (Wildman–Crippen MR) is 79.4 cm³/mol. The fourth-order valence-corrected chi connectivity index (χ4v) is 3.06. The fraction of sp³-hybridized carbons (Fsp3) is 0.133. The van der Waals surface area contributed by atoms with E-state index < -0.39 is 27.1 Å². The van der Waals surface area contributed by atoms with E-state index in [4.69, 9.17) is 4.42 Å². The maximum atomic E-state index is 12.5. The highest BCUT2D eigenvalue weighted by molar-refractivity contribution is 7.90. The van der Waals surface area contributed by atoms with Gasteiger partial charge in [0, 0.05) is 23.9 Å². The number of alkyl halides is 3. The molecule has 0 spiro atoms. The Balaban J connectivity index is 1.98. The van der Waals surface area contributed by atoms with Crippen molar-refractivity contribution in [3.8, 4) is 11.3 Å². The number of hydrogen-bond donors (Lipinski definition) is 0. The summed E-state index contributed by atoms with van der Waals surface area (Å²) >= 11 is 0. The van der Waals surface area contributed by atoms with Gasteiger partial charge < -0.3 is 4.42 Å². The van der Waals surface area contributed by atoms with Gasteiger partial charge in [-0.25, -0.2) is 9.10 Å². The molecule has 0 amide bonds. The van der Waals surface area contributed by atoms with Gasteiger partial charge in [-0.2, -0.15) is 21.6 Å². The highest BCUT2D eigenvalue weighted by Crippen LogP contribution is 2.34. The number of fused-ring (bicyclic) bond motifs is 1. The normalized spacial score (nSPS) is 16.0. The first-order valence-corrected chi connectivity index (χ1v) is 8.14. The van der Waals surface area contributed by atoms with Crippen molar-refractivity contribution in [2.24, 2.45) is 0 Å². The quantitative estimate of drug-likeness (QED) is 0.829. The van der Waals surface area contributed by atoms with Gasteiger partial charge in [0.1, 0.15) is 5.76 Å². The van der Waals surface area contributed by atoms with E-state index in [0.717, 1.165) is 12.4 Å². The van der Waals surface area contributed by atoms with Crippen molar-refractivity contribution < 1.29 is 26.0 Å². The molecule has 1 aliphatic carbocycles. The molecule has 5 nitrogen and oxygen atoms in total. The third-order valence-electron chi connectivity index (χ3n) is 3.49. The van der Waals surface area contributed by atoms with E-state index in [2.05, 4.69) is 0 Å². The molecule has 0 N–H and O–H groups in total. The summed E-state index contributed by atoms with van der Waals surface area (Å²) in [7, 11) is -5.50. The van der Waals surface area contributed by atoms with E-state index in [1.165, 1.54) is 12.2 Å². The average molecular weight is 357 g/mol. The van der Waals surface area contributed by atoms with Gasteiger partial charge in [-0.15, -0.1) is 0 Å². The van der Waals surface area contributed by atoms with Gasteiger partial charge in [-0.1, -0.05) is 36.4 Å². The van der Waals surface area contributed by atoms with Crippen LogP contribution in [0.3, 0.4) is 0 Å². The number of sulfonamides is 1. The van der Waals surface area contributed by atoms with Crippen molar-refractivity contribution in [1.29, 1.82) is 0 Å². The Kier molecular flexibility index (Phi) is 3.75. The lowest BCUT2D eigenvalue weighted by molar-refractivity contribution is -0.0468. The zero-order valence-electron chi connectivity index (χ0n) is 11.9. The molecular weight excluding hydrogens is 347 g/mol. The molecule has 0 radical (unpaired) electrons. The summed E-state index contributed by atoms with van der Waals surface area (Å²) < 4.78 is 65.5. The minimum atomic E-state index is -5.50. The highest BCUT2D eigenvalue weighted by atomic mass is 32.2. The lowest BCUT2D eigenvalue weighted by Gasteiger charge is -2.22. The smallest absolute Gasteiger partial charge is 0.422 e. The number of rotatable bonds is 2. The fourth-order valence-electron chi connectivity index (χ4n) is 2.36. The van der Waals surface area contributed by atoms with Crippen LogP contribution >= 0.6 is 0 Å². The summed E-state index contributed by atoms with van der Waals surface area (Å²) in [5.41, 5.74) is -5.29. The van der Waals surface area contributed by atoms with Crippen molar-refractivity contribution in [2.75, 3.05) is 0 Å². The van der Waals surface area contributed by atoms with Gasteiger partial charge in [0.2, 0.25) is 0 Å². The zero-order valence-corrected chi connectivity index (χ0v) is 12.7. The second-order valence-corrected chi connectivity index (χ2v) is 6.82. The Morgan fingerprint density at radius 2 is 1.67 bits per heavy atom. The number of nitrogens with zero attached hydrogens (tertiary/aromatic N) is 1. The van der Waals surface area contributed by atoms with Gasteiger partial charge in [0.05, 0.1) is 5.56 Å². The Morgan fingerprint density at radius 3 is 2.29 bits per heavy atom. The number of hydrogen-bond acceptors (Lipinski definition) is 4. The van der Waals surface area contributed by atoms with Gasteiger partial charge in [0.15, 0.2) is 0 Å². The first-order chi connectivity index (χ1) is 11.2. The summed E-state index contributed by atoms with van der Waals surface area (Å²) in [4.78, 5) is 12.0. The molecule has 0 unspecified atom stereocenters. The first-order valence-electron chi connectivity index (χ1n) is 6.70. The lowest BCUT2D eigenvalue weighted by Crippen LogP contribution is -2.35. The number of furan rings is 1. The van der Waals surface area contributed by atoms with Gasteiger partial charge in [-0.05, 0) is 6.07 Å². The van der Waals surface area contributed by atoms with Crippen LogP contribution in [0, 0.1) is 0 Å². The van der Waals surface area contributed by atoms with Crippen LogP contribution in [0.25, 0.3) is 11.3 Å². The summed E-state index contributed by atoms with van der Waals surface area (Å²) in [6, 6.07) is 8.34. The van der Waals surface area contributed by atoms with Gasteiger partial charge >= 0.3 is 21.2 Å². The van der Waals surface area contributed by atoms with Crippen LogP contribution in [-0.2, 0) is 10.0 Å². The molecule has 126 valence electrons. The van der Waals surface area contributed by atoms with E-state index >= 15 is 0 Å². The summed E-state index contributed by atoms with van der Waals surface area (Å²) in [5, 5.41) is 0. The van der Waals surface area contributed by atoms with Crippen LogP contribution in [-0.4, -0.2) is 18.2 Å². The van der Waals surface area contributed by atoms with E-state index in [1.807, 2.05) is 0 Å². The van der Waals surface area contributed by atoms with E-state index in [-0.39, 0.29) is 9.87 Å². The minimum Gasteiger partial charge on any atom is -0.422 e. The van der Waals surface area contributed by atoms with Gasteiger partial charge in [0.25, 0.3) is 0 Å². The molecule has 0 bridgehead atoms. The maximum Gasteiger partial charge on any atom is 0.517 e. The minimum absolute atomic E-state index is 0.0657. The van der Waals surface area contributed by atoms with Crippen LogP contribution in [0.1, 0.15) is 11.5 Å². The standard InChI is InChI=1S/C15H10F3NO4S/c16-15(17,18)24(21,22)19-8-6-10(7-9-19)13-11-4-2-1-3-5-12(11)23-14(13)20/h1-10H. The summed E-state index contributed by atoms with van der Waals surface area (Å²) in [6.45, 7) is 0. The van der Waals surface area contributed by atoms with Crippen molar-refractivity contribution in [3.05, 3.63) is 70.9 Å². The third kappa shape index (κ3) is 2.60. The molecule has 0 atom stereocenters. The SMILES string of the molecule is O=c1oc2cccccc-2c1C1C=CN(S(=O)(=O)C(F)(F)F)C=C1. The molecule has 24 heavy (non-hydrogen) atoms. The molecule has 3 rings (SSSR count). The topological polar surface area (TPSA) is 67.6 Å². The Bertz CT molecular complexity index is 945. The maximum absolute atomic E-state index is 12.5. The molecule has 0 saturated heterocycles. The van der Waals surface area contributed by atoms with Crippen molar-refractivity contribution in [2.45, 2.75) is 11.4 Å². The second kappa shape index (κ2) is 5.52. The van der Waals surface area contributed by atoms with Crippen LogP contribution in [0.4, 0.5) is 13.2 Å². The average Bonchev–Trinajstić information content (AvgIpc) is 2.67. The number of allylic oxidation sites excluding steroid dienone is 2. The van der Waals surface area contributed by atoms with Crippen molar-refractivity contribution in [3.63, 3.8) is 0 Å². The van der Waals surface area contributed by atoms with Crippen LogP contribution in [0.5, 0.6) is 0 Å². The monoisotopic (exact) mass is 357 g/mol. The van der Waals surface area contributed by atoms with Gasteiger partial charge in [-0.3, -0.25) is 0 Å². The Labute approximate surface area is 134 Å². The molecule has 2 aliphatic heterocycles. The molecule has 2 heterocycles. The molecule has 0 aromatic heterocycles. The molecule has 0 aromatic rings. The Hall–Kier alpha value is -2.55. The van der Waals surface area contributed by atoms with Crippen LogP contribution < -0.4 is 5.63 Å². The third-order valence-corrected chi connectivity index (χ3v) is 4.88. The predicted octanol–water partition coefficient (Wildman–Crippen LogP) is 3.02. The molecule has 0 aromatic carbocycles. The Morgan fingerprint density at radius 1 is 1.04 bits per heavy atom. The molecular formula is C15H10F3NO4S. The van der Waals surface area contributed by atoms with Crippen molar-refractivity contribution in [1.82, 2.24) is 4.31 Å². The van der Waals surface area contributed by atoms with Crippen LogP contribution in [0.2, 0.25) is 0 Å². The van der Waals surface area contributed by atoms with E-state index in [9.17, 15) is 26.4 Å². The highest BCUT2D eigenvalue weighted by Gasteiger charge is 2.49. The second-order valence-electron chi connectivity index (χ2n) is 4.98. The first kappa shape index (κ1) is 16.3. The molecule has 0 saturated carbocycles. The summed E-state index contributed by atoms with van der Waals surface area (Å²) in [6.07, 6.45) is 3.94. The van der Waals surface area contributed by atoms with E-state index in [0.29, 0.717) is 11.3 Å². The molecule has 9 heteroatoms.